The maximum absolute atomic E-state index is 5.21. The number of hydrogen-bond acceptors (Lipinski definition) is 3. The highest BCUT2D eigenvalue weighted by Crippen LogP contribution is 2.38. The normalized spacial score (nSPS) is 18.2. The Morgan fingerprint density at radius 2 is 1.80 bits per heavy atom. The van der Waals surface area contributed by atoms with E-state index in [4.69, 9.17) is 4.74 Å². The maximum Gasteiger partial charge on any atom is 0.118 e. The van der Waals surface area contributed by atoms with Crippen LogP contribution in [0.3, 0.4) is 0 Å². The molecule has 0 amide bonds. The highest BCUT2D eigenvalue weighted by Gasteiger charge is 2.31. The number of ether oxygens (including phenoxy) is 1. The molecule has 1 aliphatic rings. The molecule has 1 fully saturated rings. The number of methoxy groups -OCH3 is 1. The molecule has 2 rings (SSSR count). The minimum Gasteiger partial charge on any atom is -0.497 e. The molecule has 3 heteroatoms. The van der Waals surface area contributed by atoms with Gasteiger partial charge < -0.3 is 9.64 Å². The molecule has 0 N–H and O–H groups in total. The molecule has 1 saturated carbocycles. The number of thiol groups is 1. The average Bonchev–Trinajstić information content (AvgIpc) is 2.49. The number of rotatable bonds is 6. The molecule has 0 heterocycles. The summed E-state index contributed by atoms with van der Waals surface area (Å²) in [6, 6.07) is 8.39. The van der Waals surface area contributed by atoms with Crippen molar-refractivity contribution in [1.29, 1.82) is 0 Å². The van der Waals surface area contributed by atoms with Crippen LogP contribution in [0.5, 0.6) is 5.75 Å². The Labute approximate surface area is 128 Å². The average molecular weight is 293 g/mol. The van der Waals surface area contributed by atoms with Gasteiger partial charge in [0.15, 0.2) is 0 Å². The third kappa shape index (κ3) is 4.16. The smallest absolute Gasteiger partial charge is 0.118 e. The third-order valence-electron chi connectivity index (χ3n) is 4.47. The lowest BCUT2D eigenvalue weighted by Crippen LogP contribution is -2.38. The molecule has 2 nitrogen and oxygen atoms in total. The molecule has 1 aromatic rings. The van der Waals surface area contributed by atoms with Gasteiger partial charge in [0.1, 0.15) is 5.75 Å². The Morgan fingerprint density at radius 3 is 2.35 bits per heavy atom. The summed E-state index contributed by atoms with van der Waals surface area (Å²) < 4.78 is 5.21. The topological polar surface area (TPSA) is 12.5 Å². The molecule has 1 aromatic carbocycles. The van der Waals surface area contributed by atoms with Gasteiger partial charge in [-0.3, -0.25) is 0 Å². The Balaban J connectivity index is 1.91. The van der Waals surface area contributed by atoms with Crippen LogP contribution >= 0.6 is 12.6 Å². The standard InChI is InChI=1S/C17H27NOS/c1-18(12-15-6-8-16(19-2)9-7-15)13-17(14-20)10-4-3-5-11-17/h6-9,20H,3-5,10-14H2,1-2H3. The fourth-order valence-corrected chi connectivity index (χ4v) is 3.76. The molecule has 0 unspecified atom stereocenters. The van der Waals surface area contributed by atoms with Gasteiger partial charge in [0.05, 0.1) is 7.11 Å². The van der Waals surface area contributed by atoms with E-state index in [1.54, 1.807) is 7.11 Å². The molecule has 0 saturated heterocycles. The summed E-state index contributed by atoms with van der Waals surface area (Å²) in [7, 11) is 3.94. The van der Waals surface area contributed by atoms with Crippen LogP contribution in [0, 0.1) is 5.41 Å². The van der Waals surface area contributed by atoms with Crippen molar-refractivity contribution in [2.24, 2.45) is 5.41 Å². The Kier molecular flexibility index (Phi) is 5.79. The lowest BCUT2D eigenvalue weighted by atomic mass is 9.75. The second-order valence-corrected chi connectivity index (χ2v) is 6.56. The van der Waals surface area contributed by atoms with Crippen LogP contribution in [0.2, 0.25) is 0 Å². The van der Waals surface area contributed by atoms with E-state index in [0.717, 1.165) is 24.6 Å². The van der Waals surface area contributed by atoms with Crippen LogP contribution < -0.4 is 4.74 Å². The second-order valence-electron chi connectivity index (χ2n) is 6.24. The van der Waals surface area contributed by atoms with Gasteiger partial charge in [0.2, 0.25) is 0 Å². The van der Waals surface area contributed by atoms with Gasteiger partial charge in [-0.2, -0.15) is 12.6 Å². The van der Waals surface area contributed by atoms with Crippen LogP contribution in [-0.2, 0) is 6.54 Å². The minimum absolute atomic E-state index is 0.433. The fourth-order valence-electron chi connectivity index (χ4n) is 3.34. The predicted octanol–water partition coefficient (Wildman–Crippen LogP) is 4.01. The van der Waals surface area contributed by atoms with E-state index in [1.165, 1.54) is 37.7 Å². The van der Waals surface area contributed by atoms with Crippen molar-refractivity contribution in [3.63, 3.8) is 0 Å². The molecule has 1 aliphatic carbocycles. The number of hydrogen-bond donors (Lipinski definition) is 1. The first-order chi connectivity index (χ1) is 9.67. The second kappa shape index (κ2) is 7.37. The zero-order chi connectivity index (χ0) is 14.4. The van der Waals surface area contributed by atoms with Gasteiger partial charge in [-0.1, -0.05) is 31.4 Å². The lowest BCUT2D eigenvalue weighted by molar-refractivity contribution is 0.140. The van der Waals surface area contributed by atoms with Crippen LogP contribution in [0.15, 0.2) is 24.3 Å². The van der Waals surface area contributed by atoms with Gasteiger partial charge >= 0.3 is 0 Å². The highest BCUT2D eigenvalue weighted by atomic mass is 32.1. The first-order valence-corrected chi connectivity index (χ1v) is 8.23. The number of nitrogens with zero attached hydrogens (tertiary/aromatic N) is 1. The van der Waals surface area contributed by atoms with E-state index in [2.05, 4.69) is 36.7 Å². The largest absolute Gasteiger partial charge is 0.497 e. The van der Waals surface area contributed by atoms with Gasteiger partial charge in [-0.15, -0.1) is 0 Å². The third-order valence-corrected chi connectivity index (χ3v) is 5.14. The summed E-state index contributed by atoms with van der Waals surface area (Å²) in [5, 5.41) is 0. The van der Waals surface area contributed by atoms with Crippen molar-refractivity contribution in [1.82, 2.24) is 4.90 Å². The predicted molar refractivity (Wildman–Crippen MR) is 88.7 cm³/mol. The van der Waals surface area contributed by atoms with Crippen LogP contribution in [0.25, 0.3) is 0 Å². The molecular formula is C17H27NOS. The fraction of sp³-hybridized carbons (Fsp3) is 0.647. The minimum atomic E-state index is 0.433. The van der Waals surface area contributed by atoms with Gasteiger partial charge in [-0.05, 0) is 48.8 Å². The lowest BCUT2D eigenvalue weighted by Gasteiger charge is -2.39. The van der Waals surface area contributed by atoms with E-state index < -0.39 is 0 Å². The van der Waals surface area contributed by atoms with Crippen molar-refractivity contribution in [2.75, 3.05) is 26.5 Å². The van der Waals surface area contributed by atoms with Gasteiger partial charge in [-0.25, -0.2) is 0 Å². The van der Waals surface area contributed by atoms with Crippen LogP contribution in [0.1, 0.15) is 37.7 Å². The molecule has 0 bridgehead atoms. The van der Waals surface area contributed by atoms with E-state index >= 15 is 0 Å². The zero-order valence-electron chi connectivity index (χ0n) is 12.8. The molecule has 0 spiro atoms. The van der Waals surface area contributed by atoms with Crippen molar-refractivity contribution in [3.8, 4) is 5.75 Å². The summed E-state index contributed by atoms with van der Waals surface area (Å²) in [4.78, 5) is 2.45. The van der Waals surface area contributed by atoms with Gasteiger partial charge in [0.25, 0.3) is 0 Å². The SMILES string of the molecule is COc1ccc(CN(C)CC2(CS)CCCCC2)cc1. The molecule has 0 aromatic heterocycles. The molecule has 0 radical (unpaired) electrons. The molecule has 0 aliphatic heterocycles. The van der Waals surface area contributed by atoms with E-state index in [1.807, 2.05) is 12.1 Å². The summed E-state index contributed by atoms with van der Waals surface area (Å²) >= 11 is 4.63. The Hall–Kier alpha value is -0.670. The Bertz CT molecular complexity index is 398. The number of benzene rings is 1. The summed E-state index contributed by atoms with van der Waals surface area (Å²) in [5.41, 5.74) is 1.78. The van der Waals surface area contributed by atoms with E-state index in [9.17, 15) is 0 Å². The maximum atomic E-state index is 5.21. The molecule has 112 valence electrons. The van der Waals surface area contributed by atoms with Crippen LogP contribution in [-0.4, -0.2) is 31.4 Å². The van der Waals surface area contributed by atoms with Crippen molar-refractivity contribution in [2.45, 2.75) is 38.6 Å². The van der Waals surface area contributed by atoms with Crippen LogP contribution in [0.4, 0.5) is 0 Å². The highest BCUT2D eigenvalue weighted by molar-refractivity contribution is 7.80. The summed E-state index contributed by atoms with van der Waals surface area (Å²) in [6.07, 6.45) is 6.82. The molecular weight excluding hydrogens is 266 g/mol. The van der Waals surface area contributed by atoms with Gasteiger partial charge in [0, 0.05) is 13.1 Å². The Morgan fingerprint density at radius 1 is 1.15 bits per heavy atom. The van der Waals surface area contributed by atoms with Crippen molar-refractivity contribution in [3.05, 3.63) is 29.8 Å². The van der Waals surface area contributed by atoms with Crippen molar-refractivity contribution < 1.29 is 4.74 Å². The van der Waals surface area contributed by atoms with Crippen molar-refractivity contribution >= 4 is 12.6 Å². The first-order valence-electron chi connectivity index (χ1n) is 7.60. The van der Waals surface area contributed by atoms with E-state index in [0.29, 0.717) is 5.41 Å². The zero-order valence-corrected chi connectivity index (χ0v) is 13.7. The first kappa shape index (κ1) is 15.7. The summed E-state index contributed by atoms with van der Waals surface area (Å²) in [5.74, 6) is 1.94. The monoisotopic (exact) mass is 293 g/mol. The molecule has 0 atom stereocenters. The quantitative estimate of drug-likeness (QED) is 0.796. The van der Waals surface area contributed by atoms with E-state index in [-0.39, 0.29) is 0 Å². The summed E-state index contributed by atoms with van der Waals surface area (Å²) in [6.45, 7) is 2.15. The molecule has 20 heavy (non-hydrogen) atoms.